The van der Waals surface area contributed by atoms with Gasteiger partial charge in [-0.05, 0) is 19.1 Å². The molecule has 0 aliphatic heterocycles. The molecule has 1 aromatic carbocycles. The molecule has 1 atom stereocenters. The molecule has 8 heteroatoms. The van der Waals surface area contributed by atoms with Crippen LogP contribution in [0.25, 0.3) is 16.7 Å². The number of hydrogen-bond acceptors (Lipinski definition) is 6. The molecule has 0 amide bonds. The van der Waals surface area contributed by atoms with E-state index in [-0.39, 0.29) is 17.0 Å². The first-order valence-corrected chi connectivity index (χ1v) is 9.97. The zero-order valence-electron chi connectivity index (χ0n) is 16.2. The van der Waals surface area contributed by atoms with Crippen molar-refractivity contribution in [3.63, 3.8) is 0 Å². The molecular weight excluding hydrogens is 372 g/mol. The van der Waals surface area contributed by atoms with Crippen LogP contribution in [0.5, 0.6) is 0 Å². The van der Waals surface area contributed by atoms with Gasteiger partial charge in [0.2, 0.25) is 5.95 Å². The molecule has 28 heavy (non-hydrogen) atoms. The highest BCUT2D eigenvalue weighted by molar-refractivity contribution is 7.09. The number of nitrogens with one attached hydrogen (secondary N) is 2. The first-order chi connectivity index (χ1) is 13.3. The zero-order valence-corrected chi connectivity index (χ0v) is 17.0. The molecule has 0 aliphatic carbocycles. The molecule has 0 fully saturated rings. The quantitative estimate of drug-likeness (QED) is 0.545. The van der Waals surface area contributed by atoms with Crippen molar-refractivity contribution < 1.29 is 0 Å². The molecule has 144 valence electrons. The van der Waals surface area contributed by atoms with E-state index in [1.54, 1.807) is 16.0 Å². The van der Waals surface area contributed by atoms with Gasteiger partial charge in [-0.25, -0.2) is 9.67 Å². The number of aromatic nitrogens is 5. The van der Waals surface area contributed by atoms with Crippen LogP contribution >= 0.6 is 11.3 Å². The molecule has 4 rings (SSSR count). The van der Waals surface area contributed by atoms with E-state index >= 15 is 0 Å². The van der Waals surface area contributed by atoms with E-state index in [4.69, 9.17) is 4.98 Å². The molecule has 0 aliphatic rings. The zero-order chi connectivity index (χ0) is 19.9. The SMILES string of the molecule is CC(Nc1nc2c(cnn2-c2ccccc2)c(=O)[nH]1)c1nc(C(C)(C)C)cs1. The Morgan fingerprint density at radius 1 is 1.18 bits per heavy atom. The number of rotatable bonds is 4. The summed E-state index contributed by atoms with van der Waals surface area (Å²) in [5.41, 5.74) is 2.20. The number of para-hydroxylation sites is 1. The maximum atomic E-state index is 12.5. The van der Waals surface area contributed by atoms with Crippen molar-refractivity contribution in [2.75, 3.05) is 5.32 Å². The fourth-order valence-electron chi connectivity index (χ4n) is 2.84. The second-order valence-corrected chi connectivity index (χ2v) is 8.62. The van der Waals surface area contributed by atoms with E-state index in [9.17, 15) is 4.79 Å². The molecule has 2 N–H and O–H groups in total. The van der Waals surface area contributed by atoms with Gasteiger partial charge < -0.3 is 5.32 Å². The number of thiazole rings is 1. The molecule has 3 heterocycles. The van der Waals surface area contributed by atoms with Crippen LogP contribution in [0.3, 0.4) is 0 Å². The van der Waals surface area contributed by atoms with Crippen LogP contribution in [0.2, 0.25) is 0 Å². The van der Waals surface area contributed by atoms with Crippen LogP contribution in [0.4, 0.5) is 5.95 Å². The molecule has 4 aromatic rings. The molecule has 0 bridgehead atoms. The Labute approximate surface area is 166 Å². The van der Waals surface area contributed by atoms with Crippen molar-refractivity contribution in [2.24, 2.45) is 0 Å². The summed E-state index contributed by atoms with van der Waals surface area (Å²) in [6.45, 7) is 8.43. The van der Waals surface area contributed by atoms with Crippen molar-refractivity contribution in [3.05, 3.63) is 63.0 Å². The van der Waals surface area contributed by atoms with Crippen molar-refractivity contribution in [3.8, 4) is 5.69 Å². The van der Waals surface area contributed by atoms with Crippen molar-refractivity contribution in [1.29, 1.82) is 0 Å². The van der Waals surface area contributed by atoms with E-state index in [1.165, 1.54) is 6.20 Å². The number of fused-ring (bicyclic) bond motifs is 1. The minimum absolute atomic E-state index is 0.00211. The van der Waals surface area contributed by atoms with Gasteiger partial charge >= 0.3 is 0 Å². The fraction of sp³-hybridized carbons (Fsp3) is 0.300. The molecule has 0 radical (unpaired) electrons. The number of benzene rings is 1. The normalized spacial score (nSPS) is 13.0. The van der Waals surface area contributed by atoms with E-state index < -0.39 is 0 Å². The second-order valence-electron chi connectivity index (χ2n) is 7.73. The number of nitrogens with zero attached hydrogens (tertiary/aromatic N) is 4. The van der Waals surface area contributed by atoms with Crippen LogP contribution in [-0.2, 0) is 5.41 Å². The highest BCUT2D eigenvalue weighted by Crippen LogP contribution is 2.28. The van der Waals surface area contributed by atoms with Gasteiger partial charge in [-0.2, -0.15) is 10.1 Å². The largest absolute Gasteiger partial charge is 0.347 e. The highest BCUT2D eigenvalue weighted by Gasteiger charge is 2.20. The van der Waals surface area contributed by atoms with E-state index in [0.717, 1.165) is 16.4 Å². The molecular formula is C20H22N6OS. The molecule has 3 aromatic heterocycles. The lowest BCUT2D eigenvalue weighted by Crippen LogP contribution is -2.16. The minimum Gasteiger partial charge on any atom is -0.347 e. The summed E-state index contributed by atoms with van der Waals surface area (Å²) in [7, 11) is 0. The standard InChI is InChI=1S/C20H22N6OS/c1-12(18-23-15(11-28-18)20(2,3)4)22-19-24-16-14(17(27)25-19)10-21-26(16)13-8-6-5-7-9-13/h5-12H,1-4H3,(H2,22,24,25,27). The van der Waals surface area contributed by atoms with E-state index in [1.807, 2.05) is 37.3 Å². The van der Waals surface area contributed by atoms with Crippen molar-refractivity contribution in [2.45, 2.75) is 39.2 Å². The van der Waals surface area contributed by atoms with Crippen LogP contribution in [0, 0.1) is 0 Å². The third kappa shape index (κ3) is 3.43. The lowest BCUT2D eigenvalue weighted by molar-refractivity contribution is 0.569. The summed E-state index contributed by atoms with van der Waals surface area (Å²) in [6, 6.07) is 9.54. The lowest BCUT2D eigenvalue weighted by Gasteiger charge is -2.15. The van der Waals surface area contributed by atoms with Crippen molar-refractivity contribution >= 4 is 28.3 Å². The summed E-state index contributed by atoms with van der Waals surface area (Å²) >= 11 is 1.60. The van der Waals surface area contributed by atoms with E-state index in [0.29, 0.717) is 17.0 Å². The first kappa shape index (κ1) is 18.4. The topological polar surface area (TPSA) is 88.5 Å². The van der Waals surface area contributed by atoms with Gasteiger partial charge in [0.15, 0.2) is 5.65 Å². The maximum Gasteiger partial charge on any atom is 0.263 e. The van der Waals surface area contributed by atoms with Crippen LogP contribution < -0.4 is 10.9 Å². The molecule has 0 saturated carbocycles. The van der Waals surface area contributed by atoms with Gasteiger partial charge in [0.05, 0.1) is 23.6 Å². The predicted octanol–water partition coefficient (Wildman–Crippen LogP) is 4.04. The van der Waals surface area contributed by atoms with Crippen LogP contribution in [0.15, 0.2) is 46.7 Å². The average molecular weight is 395 g/mol. The van der Waals surface area contributed by atoms with E-state index in [2.05, 4.69) is 46.5 Å². The Hall–Kier alpha value is -3.00. The van der Waals surface area contributed by atoms with Gasteiger partial charge in [0.25, 0.3) is 5.56 Å². The lowest BCUT2D eigenvalue weighted by atomic mass is 9.93. The Bertz CT molecular complexity index is 1170. The molecule has 7 nitrogen and oxygen atoms in total. The van der Waals surface area contributed by atoms with Gasteiger partial charge in [0.1, 0.15) is 10.4 Å². The van der Waals surface area contributed by atoms with Crippen molar-refractivity contribution in [1.82, 2.24) is 24.7 Å². The third-order valence-corrected chi connectivity index (χ3v) is 5.48. The van der Waals surface area contributed by atoms with Gasteiger partial charge in [-0.15, -0.1) is 11.3 Å². The molecule has 0 spiro atoms. The van der Waals surface area contributed by atoms with Gasteiger partial charge in [-0.3, -0.25) is 9.78 Å². The highest BCUT2D eigenvalue weighted by atomic mass is 32.1. The second kappa shape index (κ2) is 6.87. The summed E-state index contributed by atoms with van der Waals surface area (Å²) < 4.78 is 1.67. The fourth-order valence-corrected chi connectivity index (χ4v) is 3.90. The Balaban J connectivity index is 1.68. The molecule has 0 saturated heterocycles. The first-order valence-electron chi connectivity index (χ1n) is 9.09. The van der Waals surface area contributed by atoms with Gasteiger partial charge in [-0.1, -0.05) is 39.0 Å². The summed E-state index contributed by atoms with van der Waals surface area (Å²) in [6.07, 6.45) is 1.54. The average Bonchev–Trinajstić information content (AvgIpc) is 3.30. The van der Waals surface area contributed by atoms with Crippen LogP contribution in [-0.4, -0.2) is 24.7 Å². The Morgan fingerprint density at radius 3 is 2.61 bits per heavy atom. The smallest absolute Gasteiger partial charge is 0.263 e. The Morgan fingerprint density at radius 2 is 1.93 bits per heavy atom. The summed E-state index contributed by atoms with van der Waals surface area (Å²) in [5.74, 6) is 0.398. The number of aromatic amines is 1. The van der Waals surface area contributed by atoms with Gasteiger partial charge in [0, 0.05) is 10.8 Å². The maximum absolute atomic E-state index is 12.5. The Kier molecular flexibility index (Phi) is 4.50. The summed E-state index contributed by atoms with van der Waals surface area (Å²) in [4.78, 5) is 24.6. The monoisotopic (exact) mass is 394 g/mol. The minimum atomic E-state index is -0.226. The third-order valence-electron chi connectivity index (χ3n) is 4.45. The summed E-state index contributed by atoms with van der Waals surface area (Å²) in [5, 5.41) is 11.1. The number of anilines is 1. The number of H-pyrrole nitrogens is 1. The molecule has 1 unspecified atom stereocenters. The van der Waals surface area contributed by atoms with Crippen LogP contribution in [0.1, 0.15) is 44.4 Å². The predicted molar refractivity (Wildman–Crippen MR) is 112 cm³/mol. The number of hydrogen-bond donors (Lipinski definition) is 2.